The van der Waals surface area contributed by atoms with E-state index in [1.807, 2.05) is 60.7 Å². The van der Waals surface area contributed by atoms with Crippen LogP contribution in [-0.2, 0) is 13.0 Å². The molecule has 4 nitrogen and oxygen atoms in total. The van der Waals surface area contributed by atoms with Crippen molar-refractivity contribution in [3.63, 3.8) is 0 Å². The summed E-state index contributed by atoms with van der Waals surface area (Å²) in [6.07, 6.45) is 0.742. The Morgan fingerprint density at radius 1 is 0.862 bits per heavy atom. The van der Waals surface area contributed by atoms with E-state index in [2.05, 4.69) is 23.2 Å². The van der Waals surface area contributed by atoms with Gasteiger partial charge < -0.3 is 4.74 Å². The van der Waals surface area contributed by atoms with Gasteiger partial charge in [0, 0.05) is 10.9 Å². The lowest BCUT2D eigenvalue weighted by Crippen LogP contribution is -2.00. The van der Waals surface area contributed by atoms with Gasteiger partial charge in [-0.1, -0.05) is 30.3 Å². The van der Waals surface area contributed by atoms with Crippen LogP contribution in [0.5, 0.6) is 5.75 Å². The van der Waals surface area contributed by atoms with Gasteiger partial charge in [-0.15, -0.1) is 0 Å². The molecular weight excluding hydrogens is 358 g/mol. The number of aromatic nitrogens is 1. The minimum atomic E-state index is 0.326. The Balaban J connectivity index is 1.79. The van der Waals surface area contributed by atoms with Crippen LogP contribution in [0.25, 0.3) is 22.0 Å². The van der Waals surface area contributed by atoms with Crippen molar-refractivity contribution in [1.82, 2.24) is 4.98 Å². The molecular formula is C25H15N3O. The molecule has 0 amide bonds. The number of rotatable bonds is 0. The fraction of sp³-hybridized carbons (Fsp3) is 0.0800. The van der Waals surface area contributed by atoms with Gasteiger partial charge in [0.15, 0.2) is 0 Å². The molecule has 1 aliphatic rings. The smallest absolute Gasteiger partial charge is 0.141 e. The number of hydrogen-bond acceptors (Lipinski definition) is 4. The molecule has 1 aromatic heterocycles. The molecule has 0 atom stereocenters. The molecule has 0 spiro atoms. The van der Waals surface area contributed by atoms with Crippen molar-refractivity contribution in [3.8, 4) is 29.0 Å². The third-order valence-corrected chi connectivity index (χ3v) is 5.23. The van der Waals surface area contributed by atoms with Gasteiger partial charge in [0.1, 0.15) is 24.1 Å². The number of ether oxygens (including phenoxy) is 1. The van der Waals surface area contributed by atoms with E-state index >= 15 is 0 Å². The minimum absolute atomic E-state index is 0.326. The fourth-order valence-electron chi connectivity index (χ4n) is 3.81. The Kier molecular flexibility index (Phi) is 3.97. The summed E-state index contributed by atoms with van der Waals surface area (Å²) in [7, 11) is 0. The first-order valence-electron chi connectivity index (χ1n) is 9.32. The monoisotopic (exact) mass is 373 g/mol. The number of nitriles is 2. The van der Waals surface area contributed by atoms with Crippen LogP contribution in [0.2, 0.25) is 0 Å². The molecule has 0 N–H and O–H groups in total. The summed E-state index contributed by atoms with van der Waals surface area (Å²) in [5, 5.41) is 19.9. The number of benzene rings is 3. The van der Waals surface area contributed by atoms with Gasteiger partial charge in [-0.25, -0.2) is 4.98 Å². The highest BCUT2D eigenvalue weighted by molar-refractivity contribution is 5.95. The van der Waals surface area contributed by atoms with Crippen LogP contribution in [0, 0.1) is 22.7 Å². The van der Waals surface area contributed by atoms with E-state index in [1.165, 1.54) is 0 Å². The zero-order valence-electron chi connectivity index (χ0n) is 15.5. The molecule has 5 rings (SSSR count). The summed E-state index contributed by atoms with van der Waals surface area (Å²) in [6.45, 7) is 0.326. The molecule has 2 heterocycles. The third kappa shape index (κ3) is 3.08. The van der Waals surface area contributed by atoms with Crippen LogP contribution in [0.3, 0.4) is 0 Å². The van der Waals surface area contributed by atoms with Gasteiger partial charge in [0.25, 0.3) is 0 Å². The summed E-state index contributed by atoms with van der Waals surface area (Å²) in [4.78, 5) is 4.48. The second-order valence-electron chi connectivity index (χ2n) is 7.11. The minimum Gasteiger partial charge on any atom is -0.489 e. The number of nitrogens with zero attached hydrogens (tertiary/aromatic N) is 3. The van der Waals surface area contributed by atoms with Crippen molar-refractivity contribution in [1.29, 1.82) is 10.5 Å². The number of hydrogen-bond donors (Lipinski definition) is 0. The lowest BCUT2D eigenvalue weighted by Gasteiger charge is -2.11. The molecule has 3 aromatic carbocycles. The summed E-state index contributed by atoms with van der Waals surface area (Å²) in [5.41, 5.74) is 6.89. The first-order valence-corrected chi connectivity index (χ1v) is 9.32. The van der Waals surface area contributed by atoms with Crippen molar-refractivity contribution < 1.29 is 4.74 Å². The van der Waals surface area contributed by atoms with Gasteiger partial charge in [0.2, 0.25) is 0 Å². The molecule has 0 saturated carbocycles. The maximum Gasteiger partial charge on any atom is 0.141 e. The van der Waals surface area contributed by atoms with Crippen LogP contribution >= 0.6 is 0 Å². The van der Waals surface area contributed by atoms with Crippen LogP contribution < -0.4 is 4.74 Å². The molecule has 6 bridgehead atoms. The average Bonchev–Trinajstić information content (AvgIpc) is 2.77. The molecule has 0 unspecified atom stereocenters. The number of fused-ring (bicyclic) bond motifs is 6. The fourth-order valence-corrected chi connectivity index (χ4v) is 3.81. The van der Waals surface area contributed by atoms with Gasteiger partial charge in [-0.2, -0.15) is 10.5 Å². The maximum atomic E-state index is 9.45. The Morgan fingerprint density at radius 3 is 2.59 bits per heavy atom. The first kappa shape index (κ1) is 17.0. The second kappa shape index (κ2) is 6.78. The topological polar surface area (TPSA) is 69.7 Å². The SMILES string of the molecule is N#Cc1cc2c3cc(ccc3n1)Cc1ccc(C#N)c(c1)COc1cccc-2c1. The molecule has 29 heavy (non-hydrogen) atoms. The highest BCUT2D eigenvalue weighted by Gasteiger charge is 2.13. The van der Waals surface area contributed by atoms with Crippen molar-refractivity contribution in [2.45, 2.75) is 13.0 Å². The summed E-state index contributed by atoms with van der Waals surface area (Å²) >= 11 is 0. The Morgan fingerprint density at radius 2 is 1.72 bits per heavy atom. The van der Waals surface area contributed by atoms with Crippen LogP contribution in [-0.4, -0.2) is 4.98 Å². The van der Waals surface area contributed by atoms with Crippen molar-refractivity contribution in [2.75, 3.05) is 0 Å². The van der Waals surface area contributed by atoms with Gasteiger partial charge in [0.05, 0.1) is 17.1 Å². The zero-order chi connectivity index (χ0) is 19.8. The molecule has 0 aliphatic carbocycles. The summed E-state index contributed by atoms with van der Waals surface area (Å²) < 4.78 is 6.02. The third-order valence-electron chi connectivity index (χ3n) is 5.23. The highest BCUT2D eigenvalue weighted by atomic mass is 16.5. The zero-order valence-corrected chi connectivity index (χ0v) is 15.5. The van der Waals surface area contributed by atoms with E-state index in [4.69, 9.17) is 4.74 Å². The normalized spacial score (nSPS) is 12.1. The molecule has 0 saturated heterocycles. The number of pyridine rings is 1. The van der Waals surface area contributed by atoms with Crippen LogP contribution in [0.1, 0.15) is 27.9 Å². The maximum absolute atomic E-state index is 9.45. The van der Waals surface area contributed by atoms with E-state index in [0.717, 1.165) is 50.9 Å². The Hall–Kier alpha value is -4.15. The first-order chi connectivity index (χ1) is 14.2. The van der Waals surface area contributed by atoms with E-state index in [9.17, 15) is 10.5 Å². The highest BCUT2D eigenvalue weighted by Crippen LogP contribution is 2.32. The molecule has 1 aliphatic heterocycles. The van der Waals surface area contributed by atoms with Gasteiger partial charge in [-0.3, -0.25) is 0 Å². The van der Waals surface area contributed by atoms with Gasteiger partial charge in [-0.05, 0) is 65.1 Å². The predicted molar refractivity (Wildman–Crippen MR) is 110 cm³/mol. The standard InChI is InChI=1S/C25H15N3O/c26-13-19-6-4-16-8-17-5-7-25-24(10-17)23(12-21(14-27)28-25)18-2-1-3-22(11-18)29-15-20(19)9-16/h1-7,9-12H,8,15H2. The molecule has 4 aromatic rings. The van der Waals surface area contributed by atoms with Crippen molar-refractivity contribution in [3.05, 3.63) is 94.7 Å². The molecule has 4 heteroatoms. The Bertz CT molecular complexity index is 1360. The molecule has 0 fully saturated rings. The van der Waals surface area contributed by atoms with E-state index in [-0.39, 0.29) is 0 Å². The quantitative estimate of drug-likeness (QED) is 0.428. The molecule has 136 valence electrons. The van der Waals surface area contributed by atoms with Crippen molar-refractivity contribution in [2.24, 2.45) is 0 Å². The van der Waals surface area contributed by atoms with Crippen LogP contribution in [0.15, 0.2) is 66.7 Å². The second-order valence-corrected chi connectivity index (χ2v) is 7.11. The van der Waals surface area contributed by atoms with Crippen LogP contribution in [0.4, 0.5) is 0 Å². The average molecular weight is 373 g/mol. The largest absolute Gasteiger partial charge is 0.489 e. The van der Waals surface area contributed by atoms with E-state index in [1.54, 1.807) is 0 Å². The van der Waals surface area contributed by atoms with E-state index in [0.29, 0.717) is 17.9 Å². The Labute approximate surface area is 168 Å². The van der Waals surface area contributed by atoms with Crippen molar-refractivity contribution >= 4 is 10.9 Å². The lowest BCUT2D eigenvalue weighted by atomic mass is 9.96. The van der Waals surface area contributed by atoms with Gasteiger partial charge >= 0.3 is 0 Å². The van der Waals surface area contributed by atoms with E-state index < -0.39 is 0 Å². The molecule has 0 radical (unpaired) electrons. The summed E-state index contributed by atoms with van der Waals surface area (Å²) in [5.74, 6) is 0.718. The summed E-state index contributed by atoms with van der Waals surface area (Å²) in [6, 6.07) is 26.1. The predicted octanol–water partition coefficient (Wildman–Crippen LogP) is 5.13. The lowest BCUT2D eigenvalue weighted by molar-refractivity contribution is 0.306.